The van der Waals surface area contributed by atoms with Gasteiger partial charge in [-0.3, -0.25) is 4.90 Å². The third-order valence-electron chi connectivity index (χ3n) is 5.52. The number of unbranched alkanes of at least 4 members (excludes halogenated alkanes) is 2. The second-order valence-electron chi connectivity index (χ2n) is 7.70. The van der Waals surface area contributed by atoms with Gasteiger partial charge in [-0.05, 0) is 48.9 Å². The molecule has 1 saturated heterocycles. The van der Waals surface area contributed by atoms with Crippen LogP contribution in [0.15, 0.2) is 48.5 Å². The molecule has 1 aliphatic heterocycles. The molecule has 5 heteroatoms. The Kier molecular flexibility index (Phi) is 6.45. The summed E-state index contributed by atoms with van der Waals surface area (Å²) >= 11 is 1.72. The maximum atomic E-state index is 12.7. The molecule has 1 fully saturated rings. The molecule has 0 radical (unpaired) electrons. The van der Waals surface area contributed by atoms with Crippen LogP contribution in [0.1, 0.15) is 61.2 Å². The van der Waals surface area contributed by atoms with Crippen molar-refractivity contribution in [3.05, 3.63) is 64.7 Å². The molecule has 0 bridgehead atoms. The van der Waals surface area contributed by atoms with E-state index in [1.807, 2.05) is 35.2 Å². The summed E-state index contributed by atoms with van der Waals surface area (Å²) in [5, 5.41) is 1.03. The lowest BCUT2D eigenvalue weighted by Gasteiger charge is -2.22. The monoisotopic (exact) mass is 408 g/mol. The van der Waals surface area contributed by atoms with Crippen molar-refractivity contribution in [2.75, 3.05) is 6.54 Å². The van der Waals surface area contributed by atoms with Gasteiger partial charge in [0.2, 0.25) is 0 Å². The number of aryl methyl sites for hydroxylation is 1. The first-order valence-electron chi connectivity index (χ1n) is 10.6. The molecule has 1 aromatic heterocycles. The van der Waals surface area contributed by atoms with Crippen LogP contribution in [0.4, 0.5) is 4.79 Å². The van der Waals surface area contributed by atoms with Gasteiger partial charge in [-0.15, -0.1) is 11.3 Å². The van der Waals surface area contributed by atoms with Gasteiger partial charge < -0.3 is 4.74 Å². The Hall–Kier alpha value is -2.40. The van der Waals surface area contributed by atoms with E-state index >= 15 is 0 Å². The van der Waals surface area contributed by atoms with E-state index in [1.54, 1.807) is 11.3 Å². The molecule has 1 amide bonds. The Morgan fingerprint density at radius 1 is 1.17 bits per heavy atom. The van der Waals surface area contributed by atoms with Crippen LogP contribution in [0, 0.1) is 0 Å². The number of thiazole rings is 1. The number of rotatable bonds is 7. The van der Waals surface area contributed by atoms with Gasteiger partial charge in [-0.25, -0.2) is 9.78 Å². The summed E-state index contributed by atoms with van der Waals surface area (Å²) in [6.07, 6.45) is 6.57. The Labute approximate surface area is 176 Å². The number of benzene rings is 2. The van der Waals surface area contributed by atoms with Crippen molar-refractivity contribution in [2.24, 2.45) is 0 Å². The van der Waals surface area contributed by atoms with E-state index in [2.05, 4.69) is 25.1 Å². The highest BCUT2D eigenvalue weighted by Gasteiger charge is 2.33. The fourth-order valence-electron chi connectivity index (χ4n) is 3.91. The molecule has 4 nitrogen and oxygen atoms in total. The van der Waals surface area contributed by atoms with Gasteiger partial charge in [0.25, 0.3) is 0 Å². The molecule has 29 heavy (non-hydrogen) atoms. The number of amides is 1. The van der Waals surface area contributed by atoms with Crippen LogP contribution in [-0.2, 0) is 17.8 Å². The van der Waals surface area contributed by atoms with Gasteiger partial charge in [0.05, 0.1) is 16.3 Å². The van der Waals surface area contributed by atoms with E-state index in [0.29, 0.717) is 6.61 Å². The summed E-state index contributed by atoms with van der Waals surface area (Å²) in [4.78, 5) is 19.4. The lowest BCUT2D eigenvalue weighted by molar-refractivity contribution is 0.0920. The summed E-state index contributed by atoms with van der Waals surface area (Å²) in [7, 11) is 0. The highest BCUT2D eigenvalue weighted by Crippen LogP contribution is 2.37. The van der Waals surface area contributed by atoms with E-state index in [9.17, 15) is 4.79 Å². The smallest absolute Gasteiger partial charge is 0.410 e. The average Bonchev–Trinajstić information content (AvgIpc) is 3.39. The summed E-state index contributed by atoms with van der Waals surface area (Å²) in [6.45, 7) is 3.28. The van der Waals surface area contributed by atoms with Crippen LogP contribution in [-0.4, -0.2) is 22.5 Å². The normalized spacial score (nSPS) is 16.4. The van der Waals surface area contributed by atoms with Crippen LogP contribution in [0.25, 0.3) is 10.2 Å². The standard InChI is InChI=1S/C24H28N2O2S/c1-2-3-5-9-18-13-14-20-22(16-18)29-23(25-20)21-12-8-15-26(21)24(27)28-17-19-10-6-4-7-11-19/h4,6-7,10-11,13-14,16,21H,2-3,5,8-9,12,15,17H2,1H3/t21-/m0/s1. The maximum absolute atomic E-state index is 12.7. The zero-order valence-corrected chi connectivity index (χ0v) is 17.8. The van der Waals surface area contributed by atoms with Gasteiger partial charge in [0, 0.05) is 6.54 Å². The minimum Gasteiger partial charge on any atom is -0.445 e. The summed E-state index contributed by atoms with van der Waals surface area (Å²) < 4.78 is 6.80. The second-order valence-corrected chi connectivity index (χ2v) is 8.77. The average molecular weight is 409 g/mol. The van der Waals surface area contributed by atoms with Crippen molar-refractivity contribution < 1.29 is 9.53 Å². The van der Waals surface area contributed by atoms with Crippen LogP contribution >= 0.6 is 11.3 Å². The van der Waals surface area contributed by atoms with Crippen molar-refractivity contribution in [3.63, 3.8) is 0 Å². The van der Waals surface area contributed by atoms with Crippen LogP contribution in [0.5, 0.6) is 0 Å². The van der Waals surface area contributed by atoms with Gasteiger partial charge in [0.1, 0.15) is 11.6 Å². The first kappa shape index (κ1) is 19.9. The van der Waals surface area contributed by atoms with Crippen molar-refractivity contribution >= 4 is 27.6 Å². The van der Waals surface area contributed by atoms with Crippen molar-refractivity contribution in [2.45, 2.75) is 58.1 Å². The first-order chi connectivity index (χ1) is 14.2. The summed E-state index contributed by atoms with van der Waals surface area (Å²) in [5.74, 6) is 0. The molecule has 0 saturated carbocycles. The van der Waals surface area contributed by atoms with Crippen LogP contribution in [0.3, 0.4) is 0 Å². The van der Waals surface area contributed by atoms with Crippen LogP contribution < -0.4 is 0 Å². The third kappa shape index (κ3) is 4.78. The number of nitrogens with zero attached hydrogens (tertiary/aromatic N) is 2. The number of aromatic nitrogens is 1. The van der Waals surface area contributed by atoms with Gasteiger partial charge in [-0.1, -0.05) is 56.2 Å². The minimum absolute atomic E-state index is 0.0271. The number of hydrogen-bond donors (Lipinski definition) is 0. The Morgan fingerprint density at radius 2 is 2.03 bits per heavy atom. The van der Waals surface area contributed by atoms with Gasteiger partial charge in [-0.2, -0.15) is 0 Å². The van der Waals surface area contributed by atoms with E-state index in [-0.39, 0.29) is 12.1 Å². The summed E-state index contributed by atoms with van der Waals surface area (Å²) in [5.41, 5.74) is 3.42. The number of carbonyl (C=O) groups is 1. The van der Waals surface area contributed by atoms with E-state index in [1.165, 1.54) is 29.5 Å². The minimum atomic E-state index is -0.240. The lowest BCUT2D eigenvalue weighted by atomic mass is 10.1. The van der Waals surface area contributed by atoms with E-state index in [4.69, 9.17) is 9.72 Å². The molecule has 0 aliphatic carbocycles. The topological polar surface area (TPSA) is 42.4 Å². The quantitative estimate of drug-likeness (QED) is 0.419. The lowest BCUT2D eigenvalue weighted by Crippen LogP contribution is -2.31. The number of fused-ring (bicyclic) bond motifs is 1. The molecule has 0 spiro atoms. The Bertz CT molecular complexity index is 954. The number of hydrogen-bond acceptors (Lipinski definition) is 4. The largest absolute Gasteiger partial charge is 0.445 e. The number of likely N-dealkylation sites (tertiary alicyclic amines) is 1. The predicted molar refractivity (Wildman–Crippen MR) is 118 cm³/mol. The first-order valence-corrected chi connectivity index (χ1v) is 11.4. The highest BCUT2D eigenvalue weighted by molar-refractivity contribution is 7.18. The molecule has 2 heterocycles. The zero-order valence-electron chi connectivity index (χ0n) is 17.0. The highest BCUT2D eigenvalue weighted by atomic mass is 32.1. The van der Waals surface area contributed by atoms with Crippen molar-refractivity contribution in [3.8, 4) is 0 Å². The van der Waals surface area contributed by atoms with Gasteiger partial charge >= 0.3 is 6.09 Å². The number of carbonyl (C=O) groups excluding carboxylic acids is 1. The number of ether oxygens (including phenoxy) is 1. The Balaban J connectivity index is 1.44. The molecule has 2 aromatic carbocycles. The zero-order chi connectivity index (χ0) is 20.1. The molecule has 4 rings (SSSR count). The Morgan fingerprint density at radius 3 is 2.86 bits per heavy atom. The maximum Gasteiger partial charge on any atom is 0.410 e. The van der Waals surface area contributed by atoms with E-state index < -0.39 is 0 Å². The SMILES string of the molecule is CCCCCc1ccc2nc([C@@H]3CCCN3C(=O)OCc3ccccc3)sc2c1. The molecule has 152 valence electrons. The van der Waals surface area contributed by atoms with E-state index in [0.717, 1.165) is 41.9 Å². The molecule has 1 atom stereocenters. The molecular formula is C24H28N2O2S. The fraction of sp³-hybridized carbons (Fsp3) is 0.417. The molecule has 0 unspecified atom stereocenters. The molecule has 3 aromatic rings. The van der Waals surface area contributed by atoms with Crippen LogP contribution in [0.2, 0.25) is 0 Å². The molecule has 1 aliphatic rings. The predicted octanol–water partition coefficient (Wildman–Crippen LogP) is 6.50. The molecule has 0 N–H and O–H groups in total. The second kappa shape index (κ2) is 9.40. The fourth-order valence-corrected chi connectivity index (χ4v) is 5.09. The summed E-state index contributed by atoms with van der Waals surface area (Å²) in [6, 6.07) is 16.5. The van der Waals surface area contributed by atoms with Gasteiger partial charge in [0.15, 0.2) is 0 Å². The molecular weight excluding hydrogens is 380 g/mol. The van der Waals surface area contributed by atoms with Crippen molar-refractivity contribution in [1.82, 2.24) is 9.88 Å². The third-order valence-corrected chi connectivity index (χ3v) is 6.64. The van der Waals surface area contributed by atoms with Crippen molar-refractivity contribution in [1.29, 1.82) is 0 Å².